The average molecular weight is 467 g/mol. The molecule has 0 atom stereocenters. The van der Waals surface area contributed by atoms with Crippen LogP contribution >= 0.6 is 22.7 Å². The number of rotatable bonds is 8. The Kier molecular flexibility index (Phi) is 6.77. The summed E-state index contributed by atoms with van der Waals surface area (Å²) >= 11 is 2.94. The number of hydrogen-bond acceptors (Lipinski definition) is 7. The fourth-order valence-corrected chi connectivity index (χ4v) is 4.66. The number of thiazole rings is 1. The Morgan fingerprint density at radius 3 is 2.72 bits per heavy atom. The van der Waals surface area contributed by atoms with Crippen LogP contribution in [0, 0.1) is 6.92 Å². The van der Waals surface area contributed by atoms with E-state index in [1.165, 1.54) is 23.8 Å². The molecule has 0 bridgehead atoms. The van der Waals surface area contributed by atoms with Crippen molar-refractivity contribution in [1.29, 1.82) is 0 Å². The van der Waals surface area contributed by atoms with Crippen molar-refractivity contribution in [2.24, 2.45) is 0 Å². The topological polar surface area (TPSA) is 97.1 Å². The van der Waals surface area contributed by atoms with E-state index in [-0.39, 0.29) is 18.2 Å². The van der Waals surface area contributed by atoms with Crippen molar-refractivity contribution >= 4 is 39.6 Å². The normalized spacial score (nSPS) is 10.8. The molecule has 9 heteroatoms. The summed E-state index contributed by atoms with van der Waals surface area (Å²) in [7, 11) is 0. The van der Waals surface area contributed by atoms with Gasteiger partial charge in [0.1, 0.15) is 0 Å². The van der Waals surface area contributed by atoms with Crippen LogP contribution in [0.3, 0.4) is 0 Å². The van der Waals surface area contributed by atoms with Gasteiger partial charge in [-0.25, -0.2) is 9.97 Å². The van der Waals surface area contributed by atoms with E-state index in [2.05, 4.69) is 20.6 Å². The SMILES string of the molecule is CC(=O)NCc1ccc(-c2csc(NC(=O)CCc3ncc(-c4ccc(C)cc4)o3)n2)s1. The highest BCUT2D eigenvalue weighted by molar-refractivity contribution is 7.17. The molecule has 0 saturated heterocycles. The van der Waals surface area contributed by atoms with E-state index >= 15 is 0 Å². The Morgan fingerprint density at radius 1 is 1.12 bits per heavy atom. The van der Waals surface area contributed by atoms with Gasteiger partial charge in [-0.2, -0.15) is 0 Å². The second kappa shape index (κ2) is 9.88. The number of thiophene rings is 1. The summed E-state index contributed by atoms with van der Waals surface area (Å²) in [5.74, 6) is 1.02. The minimum atomic E-state index is -0.140. The Hall–Kier alpha value is -3.30. The molecule has 0 spiro atoms. The van der Waals surface area contributed by atoms with Crippen LogP contribution in [0.5, 0.6) is 0 Å². The number of carbonyl (C=O) groups is 2. The first kappa shape index (κ1) is 21.9. The zero-order chi connectivity index (χ0) is 22.5. The van der Waals surface area contributed by atoms with Gasteiger partial charge in [0.25, 0.3) is 0 Å². The van der Waals surface area contributed by atoms with Crippen LogP contribution in [-0.4, -0.2) is 21.8 Å². The Labute approximate surface area is 193 Å². The molecule has 0 aliphatic carbocycles. The van der Waals surface area contributed by atoms with Crippen LogP contribution in [0.2, 0.25) is 0 Å². The van der Waals surface area contributed by atoms with Gasteiger partial charge in [-0.3, -0.25) is 9.59 Å². The molecule has 0 aliphatic rings. The van der Waals surface area contributed by atoms with Gasteiger partial charge in [-0.1, -0.05) is 29.8 Å². The average Bonchev–Trinajstić information content (AvgIpc) is 3.52. The van der Waals surface area contributed by atoms with Crippen molar-refractivity contribution in [2.45, 2.75) is 33.2 Å². The highest BCUT2D eigenvalue weighted by Crippen LogP contribution is 2.31. The van der Waals surface area contributed by atoms with E-state index in [0.717, 1.165) is 21.0 Å². The van der Waals surface area contributed by atoms with Crippen LogP contribution in [0.1, 0.15) is 29.7 Å². The lowest BCUT2D eigenvalue weighted by molar-refractivity contribution is -0.119. The fourth-order valence-electron chi connectivity index (χ4n) is 2.95. The predicted molar refractivity (Wildman–Crippen MR) is 127 cm³/mol. The summed E-state index contributed by atoms with van der Waals surface area (Å²) in [6.45, 7) is 4.03. The van der Waals surface area contributed by atoms with Gasteiger partial charge in [0, 0.05) is 35.6 Å². The summed E-state index contributed by atoms with van der Waals surface area (Å²) in [6.07, 6.45) is 2.35. The van der Waals surface area contributed by atoms with Crippen molar-refractivity contribution in [1.82, 2.24) is 15.3 Å². The van der Waals surface area contributed by atoms with E-state index in [1.54, 1.807) is 17.5 Å². The maximum Gasteiger partial charge on any atom is 0.226 e. The number of amides is 2. The van der Waals surface area contributed by atoms with Crippen molar-refractivity contribution in [3.63, 3.8) is 0 Å². The Morgan fingerprint density at radius 2 is 1.94 bits per heavy atom. The van der Waals surface area contributed by atoms with Crippen molar-refractivity contribution in [2.75, 3.05) is 5.32 Å². The molecule has 2 N–H and O–H groups in total. The van der Waals surface area contributed by atoms with E-state index in [1.807, 2.05) is 48.7 Å². The molecule has 4 aromatic rings. The largest absolute Gasteiger partial charge is 0.441 e. The molecule has 7 nitrogen and oxygen atoms in total. The van der Waals surface area contributed by atoms with Gasteiger partial charge >= 0.3 is 0 Å². The number of hydrogen-bond donors (Lipinski definition) is 2. The molecule has 0 unspecified atom stereocenters. The molecule has 164 valence electrons. The first-order valence-electron chi connectivity index (χ1n) is 10.1. The molecule has 3 heterocycles. The maximum atomic E-state index is 12.3. The van der Waals surface area contributed by atoms with Crippen molar-refractivity contribution in [3.05, 3.63) is 64.3 Å². The van der Waals surface area contributed by atoms with Crippen molar-refractivity contribution < 1.29 is 14.0 Å². The van der Waals surface area contributed by atoms with E-state index in [9.17, 15) is 9.59 Å². The number of benzene rings is 1. The zero-order valence-electron chi connectivity index (χ0n) is 17.7. The van der Waals surface area contributed by atoms with Gasteiger partial charge in [0.2, 0.25) is 11.8 Å². The third kappa shape index (κ3) is 5.68. The number of anilines is 1. The molecule has 2 amide bonds. The van der Waals surface area contributed by atoms with Crippen LogP contribution in [0.4, 0.5) is 5.13 Å². The molecular formula is C23H22N4O3S2. The molecule has 0 saturated carbocycles. The summed E-state index contributed by atoms with van der Waals surface area (Å²) in [5, 5.41) is 8.08. The zero-order valence-corrected chi connectivity index (χ0v) is 19.3. The second-order valence-corrected chi connectivity index (χ2v) is 9.27. The fraction of sp³-hybridized carbons (Fsp3) is 0.217. The van der Waals surface area contributed by atoms with Crippen LogP contribution in [0.25, 0.3) is 21.9 Å². The summed E-state index contributed by atoms with van der Waals surface area (Å²) in [4.78, 5) is 34.2. The predicted octanol–water partition coefficient (Wildman–Crippen LogP) is 5.04. The lowest BCUT2D eigenvalue weighted by Crippen LogP contribution is -2.17. The van der Waals surface area contributed by atoms with Gasteiger partial charge in [-0.05, 0) is 19.1 Å². The third-order valence-corrected chi connectivity index (χ3v) is 6.50. The molecule has 0 fully saturated rings. The molecule has 1 aromatic carbocycles. The smallest absolute Gasteiger partial charge is 0.226 e. The summed E-state index contributed by atoms with van der Waals surface area (Å²) in [5.41, 5.74) is 2.95. The number of oxazole rings is 1. The monoisotopic (exact) mass is 466 g/mol. The second-order valence-electron chi connectivity index (χ2n) is 7.25. The highest BCUT2D eigenvalue weighted by Gasteiger charge is 2.12. The number of carbonyl (C=O) groups excluding carboxylic acids is 2. The molecule has 32 heavy (non-hydrogen) atoms. The molecule has 0 aliphatic heterocycles. The van der Waals surface area contributed by atoms with Crippen LogP contribution in [0.15, 0.2) is 52.4 Å². The summed E-state index contributed by atoms with van der Waals surface area (Å²) < 4.78 is 5.78. The Bertz CT molecular complexity index is 1220. The molecule has 0 radical (unpaired) electrons. The number of nitrogens with one attached hydrogen (secondary N) is 2. The first-order chi connectivity index (χ1) is 15.5. The lowest BCUT2D eigenvalue weighted by atomic mass is 10.1. The van der Waals surface area contributed by atoms with E-state index in [0.29, 0.717) is 29.7 Å². The minimum Gasteiger partial charge on any atom is -0.441 e. The molecule has 3 aromatic heterocycles. The van der Waals surface area contributed by atoms with Gasteiger partial charge in [-0.15, -0.1) is 22.7 Å². The Balaban J connectivity index is 1.29. The van der Waals surface area contributed by atoms with Crippen molar-refractivity contribution in [3.8, 4) is 21.9 Å². The van der Waals surface area contributed by atoms with E-state index < -0.39 is 0 Å². The lowest BCUT2D eigenvalue weighted by Gasteiger charge is -2.00. The van der Waals surface area contributed by atoms with Crippen LogP contribution < -0.4 is 10.6 Å². The minimum absolute atomic E-state index is 0.0604. The number of aromatic nitrogens is 2. The van der Waals surface area contributed by atoms with Gasteiger partial charge < -0.3 is 15.1 Å². The highest BCUT2D eigenvalue weighted by atomic mass is 32.1. The first-order valence-corrected chi connectivity index (χ1v) is 11.8. The van der Waals surface area contributed by atoms with Crippen LogP contribution in [-0.2, 0) is 22.6 Å². The molecular weight excluding hydrogens is 444 g/mol. The summed E-state index contributed by atoms with van der Waals surface area (Å²) in [6, 6.07) is 12.0. The standard InChI is InChI=1S/C23H22N4O3S2/c1-14-3-5-16(6-4-14)19-12-25-22(30-19)10-9-21(29)27-23-26-18(13-31-23)20-8-7-17(32-20)11-24-15(2)28/h3-8,12-13H,9-11H2,1-2H3,(H,24,28)(H,26,27,29). The quantitative estimate of drug-likeness (QED) is 0.379. The van der Waals surface area contributed by atoms with E-state index in [4.69, 9.17) is 4.42 Å². The maximum absolute atomic E-state index is 12.3. The number of nitrogens with zero attached hydrogens (tertiary/aromatic N) is 2. The van der Waals surface area contributed by atoms with Gasteiger partial charge in [0.15, 0.2) is 16.8 Å². The van der Waals surface area contributed by atoms with Gasteiger partial charge in [0.05, 0.1) is 23.3 Å². The third-order valence-electron chi connectivity index (χ3n) is 4.63. The molecule has 4 rings (SSSR count). The number of aryl methyl sites for hydroxylation is 2.